The van der Waals surface area contributed by atoms with Gasteiger partial charge < -0.3 is 19.9 Å². The highest BCUT2D eigenvalue weighted by atomic mass is 79.9. The Morgan fingerprint density at radius 3 is 2.46 bits per heavy atom. The lowest BCUT2D eigenvalue weighted by atomic mass is 10.1. The number of amides is 1. The second-order valence-corrected chi connectivity index (χ2v) is 7.44. The maximum Gasteiger partial charge on any atom is 0.228 e. The molecule has 2 aromatic carbocycles. The number of piperazine rings is 1. The van der Waals surface area contributed by atoms with Crippen molar-refractivity contribution in [3.05, 3.63) is 52.5 Å². The number of ether oxygens (including phenoxy) is 1. The molecule has 5 nitrogen and oxygen atoms in total. The number of benzene rings is 2. The monoisotopic (exact) mass is 417 g/mol. The number of nitrogens with zero attached hydrogens (tertiary/aromatic N) is 2. The van der Waals surface area contributed by atoms with E-state index < -0.39 is 0 Å². The number of methoxy groups -OCH3 is 1. The Hall–Kier alpha value is -2.05. The van der Waals surface area contributed by atoms with E-state index in [4.69, 9.17) is 4.74 Å². The largest absolute Gasteiger partial charge is 0.497 e. The van der Waals surface area contributed by atoms with Gasteiger partial charge in [0.25, 0.3) is 0 Å². The molecule has 0 unspecified atom stereocenters. The summed E-state index contributed by atoms with van der Waals surface area (Å²) in [5.74, 6) is 0.766. The van der Waals surface area contributed by atoms with Gasteiger partial charge in [-0.1, -0.05) is 28.1 Å². The van der Waals surface area contributed by atoms with Gasteiger partial charge in [-0.2, -0.15) is 0 Å². The number of nitrogens with one attached hydrogen (secondary N) is 1. The predicted molar refractivity (Wildman–Crippen MR) is 109 cm³/mol. The molecule has 3 rings (SSSR count). The molecule has 138 valence electrons. The van der Waals surface area contributed by atoms with Crippen LogP contribution >= 0.6 is 15.9 Å². The van der Waals surface area contributed by atoms with Gasteiger partial charge in [-0.05, 0) is 42.9 Å². The van der Waals surface area contributed by atoms with Crippen LogP contribution in [-0.2, 0) is 11.2 Å². The molecule has 6 heteroatoms. The molecule has 0 atom stereocenters. The van der Waals surface area contributed by atoms with E-state index in [1.54, 1.807) is 7.11 Å². The van der Waals surface area contributed by atoms with E-state index in [-0.39, 0.29) is 5.91 Å². The zero-order valence-corrected chi connectivity index (χ0v) is 16.8. The van der Waals surface area contributed by atoms with Crippen LogP contribution in [0.5, 0.6) is 5.75 Å². The van der Waals surface area contributed by atoms with Crippen molar-refractivity contribution in [2.75, 3.05) is 50.6 Å². The molecule has 1 N–H and O–H groups in total. The number of carbonyl (C=O) groups excluding carboxylic acids is 1. The van der Waals surface area contributed by atoms with Gasteiger partial charge in [-0.3, -0.25) is 4.79 Å². The molecular formula is C20H24BrN3O2. The minimum Gasteiger partial charge on any atom is -0.497 e. The van der Waals surface area contributed by atoms with Crippen molar-refractivity contribution in [1.82, 2.24) is 4.90 Å². The van der Waals surface area contributed by atoms with Gasteiger partial charge >= 0.3 is 0 Å². The van der Waals surface area contributed by atoms with Crippen molar-refractivity contribution in [1.29, 1.82) is 0 Å². The Balaban J connectivity index is 1.71. The summed E-state index contributed by atoms with van der Waals surface area (Å²) in [7, 11) is 3.77. The van der Waals surface area contributed by atoms with Gasteiger partial charge in [-0.25, -0.2) is 0 Å². The summed E-state index contributed by atoms with van der Waals surface area (Å²) in [4.78, 5) is 17.2. The van der Waals surface area contributed by atoms with Gasteiger partial charge in [0.15, 0.2) is 0 Å². The number of likely N-dealkylation sites (N-methyl/N-ethyl adjacent to an activating group) is 1. The molecule has 1 aliphatic heterocycles. The van der Waals surface area contributed by atoms with Crippen LogP contribution < -0.4 is 15.0 Å². The van der Waals surface area contributed by atoms with Crippen molar-refractivity contribution in [2.45, 2.75) is 6.42 Å². The predicted octanol–water partition coefficient (Wildman–Crippen LogP) is 3.39. The average Bonchev–Trinajstić information content (AvgIpc) is 2.63. The van der Waals surface area contributed by atoms with E-state index in [1.807, 2.05) is 36.4 Å². The highest BCUT2D eigenvalue weighted by Crippen LogP contribution is 2.30. The first-order valence-electron chi connectivity index (χ1n) is 8.71. The van der Waals surface area contributed by atoms with Gasteiger partial charge in [0.05, 0.1) is 24.9 Å². The van der Waals surface area contributed by atoms with Crippen LogP contribution in [0.25, 0.3) is 0 Å². The van der Waals surface area contributed by atoms with E-state index in [1.165, 1.54) is 0 Å². The maximum atomic E-state index is 12.6. The summed E-state index contributed by atoms with van der Waals surface area (Å²) >= 11 is 3.51. The highest BCUT2D eigenvalue weighted by molar-refractivity contribution is 9.10. The molecule has 0 bridgehead atoms. The van der Waals surface area contributed by atoms with Crippen LogP contribution in [0.4, 0.5) is 11.4 Å². The summed E-state index contributed by atoms with van der Waals surface area (Å²) in [6.07, 6.45) is 0.332. The molecule has 26 heavy (non-hydrogen) atoms. The van der Waals surface area contributed by atoms with Crippen LogP contribution in [0.2, 0.25) is 0 Å². The fraction of sp³-hybridized carbons (Fsp3) is 0.350. The van der Waals surface area contributed by atoms with Crippen LogP contribution in [0.15, 0.2) is 46.9 Å². The maximum absolute atomic E-state index is 12.6. The van der Waals surface area contributed by atoms with Crippen LogP contribution in [0.3, 0.4) is 0 Å². The number of rotatable bonds is 5. The SMILES string of the molecule is COc1ccc(CC(=O)Nc2cc(Br)ccc2N2CCN(C)CC2)cc1. The molecule has 0 aliphatic carbocycles. The van der Waals surface area contributed by atoms with E-state index in [0.29, 0.717) is 6.42 Å². The van der Waals surface area contributed by atoms with Crippen molar-refractivity contribution in [2.24, 2.45) is 0 Å². The lowest BCUT2D eigenvalue weighted by Crippen LogP contribution is -2.44. The van der Waals surface area contributed by atoms with Gasteiger partial charge in [0, 0.05) is 30.7 Å². The molecule has 0 aromatic heterocycles. The number of hydrogen-bond acceptors (Lipinski definition) is 4. The molecule has 1 heterocycles. The molecule has 1 saturated heterocycles. The quantitative estimate of drug-likeness (QED) is 0.809. The Morgan fingerprint density at radius 2 is 1.81 bits per heavy atom. The highest BCUT2D eigenvalue weighted by Gasteiger charge is 2.18. The molecule has 0 saturated carbocycles. The van der Waals surface area contributed by atoms with Crippen molar-refractivity contribution in [3.63, 3.8) is 0 Å². The third kappa shape index (κ3) is 4.77. The standard InChI is InChI=1S/C20H24BrN3O2/c1-23-9-11-24(12-10-23)19-8-5-16(21)14-18(19)22-20(25)13-15-3-6-17(26-2)7-4-15/h3-8,14H,9-13H2,1-2H3,(H,22,25). The third-order valence-corrected chi connectivity index (χ3v) is 5.09. The fourth-order valence-corrected chi connectivity index (χ4v) is 3.42. The molecule has 1 fully saturated rings. The van der Waals surface area contributed by atoms with E-state index in [2.05, 4.69) is 44.2 Å². The van der Waals surface area contributed by atoms with Gasteiger partial charge in [0.2, 0.25) is 5.91 Å². The smallest absolute Gasteiger partial charge is 0.228 e. The number of carbonyl (C=O) groups is 1. The zero-order valence-electron chi connectivity index (χ0n) is 15.2. The summed E-state index contributed by atoms with van der Waals surface area (Å²) in [5.41, 5.74) is 2.88. The van der Waals surface area contributed by atoms with Crippen LogP contribution in [0, 0.1) is 0 Å². The molecule has 0 radical (unpaired) electrons. The summed E-state index contributed by atoms with van der Waals surface area (Å²) in [6.45, 7) is 3.96. The second kappa shape index (κ2) is 8.56. The molecule has 0 spiro atoms. The van der Waals surface area contributed by atoms with Crippen molar-refractivity contribution in [3.8, 4) is 5.75 Å². The molecule has 1 amide bonds. The Labute approximate surface area is 163 Å². The molecule has 1 aliphatic rings. The third-order valence-electron chi connectivity index (χ3n) is 4.60. The van der Waals surface area contributed by atoms with Gasteiger partial charge in [0.1, 0.15) is 5.75 Å². The number of anilines is 2. The Bertz CT molecular complexity index is 756. The first-order chi connectivity index (χ1) is 12.5. The minimum absolute atomic E-state index is 0.0244. The Morgan fingerprint density at radius 1 is 1.12 bits per heavy atom. The first kappa shape index (κ1) is 18.7. The van der Waals surface area contributed by atoms with E-state index >= 15 is 0 Å². The normalized spacial score (nSPS) is 15.0. The lowest BCUT2D eigenvalue weighted by Gasteiger charge is -2.35. The molecular weight excluding hydrogens is 394 g/mol. The van der Waals surface area contributed by atoms with E-state index in [0.717, 1.165) is 53.3 Å². The first-order valence-corrected chi connectivity index (χ1v) is 9.50. The minimum atomic E-state index is -0.0244. The fourth-order valence-electron chi connectivity index (χ4n) is 3.05. The molecule has 2 aromatic rings. The summed E-state index contributed by atoms with van der Waals surface area (Å²) in [6, 6.07) is 13.6. The zero-order chi connectivity index (χ0) is 18.5. The summed E-state index contributed by atoms with van der Waals surface area (Å²) in [5, 5.41) is 3.08. The topological polar surface area (TPSA) is 44.8 Å². The number of hydrogen-bond donors (Lipinski definition) is 1. The van der Waals surface area contributed by atoms with E-state index in [9.17, 15) is 4.79 Å². The van der Waals surface area contributed by atoms with Crippen molar-refractivity contribution < 1.29 is 9.53 Å². The van der Waals surface area contributed by atoms with Crippen LogP contribution in [-0.4, -0.2) is 51.1 Å². The number of halogens is 1. The average molecular weight is 418 g/mol. The van der Waals surface area contributed by atoms with Crippen LogP contribution in [0.1, 0.15) is 5.56 Å². The summed E-state index contributed by atoms with van der Waals surface area (Å²) < 4.78 is 6.11. The lowest BCUT2D eigenvalue weighted by molar-refractivity contribution is -0.115. The second-order valence-electron chi connectivity index (χ2n) is 6.52. The van der Waals surface area contributed by atoms with Gasteiger partial charge in [-0.15, -0.1) is 0 Å². The Kier molecular flexibility index (Phi) is 6.16. The van der Waals surface area contributed by atoms with Crippen molar-refractivity contribution >= 4 is 33.2 Å².